The Hall–Kier alpha value is 0.309. The second-order valence-electron chi connectivity index (χ2n) is 5.05. The number of rotatable bonds is 2. The first-order chi connectivity index (χ1) is 6.40. The Morgan fingerprint density at radius 2 is 1.79 bits per heavy atom. The third kappa shape index (κ3) is 3.82. The van der Waals surface area contributed by atoms with E-state index in [9.17, 15) is 0 Å². The Balaban J connectivity index is 2.96. The van der Waals surface area contributed by atoms with Crippen LogP contribution >= 0.6 is 11.6 Å². The predicted octanol–water partition coefficient (Wildman–Crippen LogP) is 3.00. The van der Waals surface area contributed by atoms with Gasteiger partial charge in [-0.2, -0.15) is 0 Å². The molecule has 0 nitrogen and oxygen atoms in total. The topological polar surface area (TPSA) is 0 Å². The summed E-state index contributed by atoms with van der Waals surface area (Å²) >= 11 is 5.27. The van der Waals surface area contributed by atoms with Crippen molar-refractivity contribution in [1.29, 1.82) is 0 Å². The summed E-state index contributed by atoms with van der Waals surface area (Å²) < 4.78 is 2.12. The molecule has 0 aliphatic carbocycles. The summed E-state index contributed by atoms with van der Waals surface area (Å²) in [7, 11) is 0. The van der Waals surface area contributed by atoms with Gasteiger partial charge in [0.05, 0.1) is 0 Å². The summed E-state index contributed by atoms with van der Waals surface area (Å²) in [6.45, 7) is 9.10. The molecule has 0 saturated carbocycles. The SMILES string of the molecule is CC(Cl)c1cccc[c]1[SnH2][C](C)(C)C. The molecule has 2 heteroatoms. The van der Waals surface area contributed by atoms with Crippen molar-refractivity contribution in [2.24, 2.45) is 0 Å². The summed E-state index contributed by atoms with van der Waals surface area (Å²) in [5, 5.41) is 0.158. The van der Waals surface area contributed by atoms with Gasteiger partial charge in [-0.25, -0.2) is 0 Å². The average molecular weight is 317 g/mol. The van der Waals surface area contributed by atoms with Crippen molar-refractivity contribution >= 4 is 36.3 Å². The molecule has 0 amide bonds. The van der Waals surface area contributed by atoms with Crippen molar-refractivity contribution < 1.29 is 0 Å². The normalized spacial score (nSPS) is 14.9. The van der Waals surface area contributed by atoms with Crippen LogP contribution in [0.25, 0.3) is 0 Å². The summed E-state index contributed by atoms with van der Waals surface area (Å²) in [5.74, 6) is 0. The molecule has 1 aromatic carbocycles. The van der Waals surface area contributed by atoms with E-state index in [0.717, 1.165) is 0 Å². The van der Waals surface area contributed by atoms with Crippen molar-refractivity contribution in [3.8, 4) is 0 Å². The fourth-order valence-electron chi connectivity index (χ4n) is 1.65. The average Bonchev–Trinajstić information content (AvgIpc) is 2.01. The number of alkyl halides is 1. The van der Waals surface area contributed by atoms with Gasteiger partial charge in [-0.15, -0.1) is 0 Å². The van der Waals surface area contributed by atoms with Gasteiger partial charge in [-0.05, 0) is 0 Å². The van der Waals surface area contributed by atoms with Gasteiger partial charge < -0.3 is 0 Å². The molecule has 0 bridgehead atoms. The molecule has 1 unspecified atom stereocenters. The van der Waals surface area contributed by atoms with Crippen LogP contribution in [-0.2, 0) is 0 Å². The van der Waals surface area contributed by atoms with E-state index in [4.69, 9.17) is 11.6 Å². The van der Waals surface area contributed by atoms with Gasteiger partial charge in [0.1, 0.15) is 0 Å². The third-order valence-corrected chi connectivity index (χ3v) is 8.39. The molecule has 1 rings (SSSR count). The van der Waals surface area contributed by atoms with Crippen molar-refractivity contribution in [1.82, 2.24) is 0 Å². The molecule has 0 spiro atoms. The maximum absolute atomic E-state index is 6.17. The molecule has 0 saturated heterocycles. The molecule has 0 N–H and O–H groups in total. The summed E-state index contributed by atoms with van der Waals surface area (Å²) in [5.41, 5.74) is 1.36. The molecule has 0 aliphatic heterocycles. The second kappa shape index (κ2) is 4.89. The van der Waals surface area contributed by atoms with Gasteiger partial charge in [0, 0.05) is 0 Å². The minimum absolute atomic E-state index is 0.158. The molecule has 0 fully saturated rings. The molecule has 14 heavy (non-hydrogen) atoms. The van der Waals surface area contributed by atoms with E-state index >= 15 is 0 Å². The van der Waals surface area contributed by atoms with Crippen LogP contribution in [0.4, 0.5) is 0 Å². The van der Waals surface area contributed by atoms with Crippen molar-refractivity contribution in [3.63, 3.8) is 0 Å². The number of halogens is 1. The van der Waals surface area contributed by atoms with Crippen molar-refractivity contribution in [2.75, 3.05) is 0 Å². The molecule has 0 heterocycles. The van der Waals surface area contributed by atoms with Gasteiger partial charge in [-0.3, -0.25) is 0 Å². The van der Waals surface area contributed by atoms with E-state index < -0.39 is 21.1 Å². The van der Waals surface area contributed by atoms with Crippen LogP contribution in [0, 0.1) is 0 Å². The maximum atomic E-state index is 6.17. The standard InChI is InChI=1S/C8H8Cl.C4H9.Sn.2H/c1-7(9)8-5-3-2-4-6-8;1-4(2)3;;;/h2-5,7H,1H3;1-3H3;;;. The van der Waals surface area contributed by atoms with Gasteiger partial charge in [0.25, 0.3) is 0 Å². The fraction of sp³-hybridized carbons (Fsp3) is 0.500. The van der Waals surface area contributed by atoms with E-state index in [1.54, 1.807) is 3.58 Å². The Morgan fingerprint density at radius 3 is 2.29 bits per heavy atom. The van der Waals surface area contributed by atoms with Crippen molar-refractivity contribution in [3.05, 3.63) is 29.8 Å². The first kappa shape index (κ1) is 12.4. The van der Waals surface area contributed by atoms with Gasteiger partial charge in [-0.1, -0.05) is 0 Å². The Kier molecular flexibility index (Phi) is 4.32. The molecule has 0 aliphatic rings. The Morgan fingerprint density at radius 1 is 1.21 bits per heavy atom. The summed E-state index contributed by atoms with van der Waals surface area (Å²) in [6.07, 6.45) is 0. The number of benzene rings is 1. The molecular weight excluding hydrogens is 298 g/mol. The first-order valence-electron chi connectivity index (χ1n) is 5.12. The van der Waals surface area contributed by atoms with E-state index in [0.29, 0.717) is 3.43 Å². The predicted molar refractivity (Wildman–Crippen MR) is 68.6 cm³/mol. The molecule has 1 aromatic rings. The van der Waals surface area contributed by atoms with Gasteiger partial charge >= 0.3 is 103 Å². The van der Waals surface area contributed by atoms with E-state index in [1.807, 2.05) is 0 Å². The molecule has 0 aromatic heterocycles. The number of hydrogen-bond acceptors (Lipinski definition) is 0. The van der Waals surface area contributed by atoms with Crippen LogP contribution in [-0.4, -0.2) is 21.1 Å². The minimum atomic E-state index is -0.901. The van der Waals surface area contributed by atoms with Gasteiger partial charge in [0.15, 0.2) is 0 Å². The van der Waals surface area contributed by atoms with Crippen LogP contribution in [0.1, 0.15) is 38.6 Å². The Labute approximate surface area is 102 Å². The quantitative estimate of drug-likeness (QED) is 0.581. The molecule has 78 valence electrons. The zero-order valence-corrected chi connectivity index (χ0v) is 14.3. The van der Waals surface area contributed by atoms with E-state index in [-0.39, 0.29) is 5.38 Å². The van der Waals surface area contributed by atoms with Crippen LogP contribution in [0.2, 0.25) is 3.43 Å². The third-order valence-electron chi connectivity index (χ3n) is 2.20. The Bertz CT molecular complexity index is 299. The molecule has 0 radical (unpaired) electrons. The zero-order chi connectivity index (χ0) is 10.8. The molecular formula is C12H19ClSn. The van der Waals surface area contributed by atoms with Crippen LogP contribution in [0.3, 0.4) is 0 Å². The second-order valence-corrected chi connectivity index (χ2v) is 14.9. The van der Waals surface area contributed by atoms with E-state index in [2.05, 4.69) is 52.0 Å². The first-order valence-corrected chi connectivity index (χ1v) is 9.59. The number of hydrogen-bond donors (Lipinski definition) is 0. The summed E-state index contributed by atoms with van der Waals surface area (Å²) in [6, 6.07) is 8.68. The van der Waals surface area contributed by atoms with Crippen molar-refractivity contribution in [2.45, 2.75) is 36.5 Å². The molecule has 1 atom stereocenters. The van der Waals surface area contributed by atoms with Crippen LogP contribution < -0.4 is 3.58 Å². The summed E-state index contributed by atoms with van der Waals surface area (Å²) in [4.78, 5) is 0. The van der Waals surface area contributed by atoms with Crippen LogP contribution in [0.15, 0.2) is 24.3 Å². The fourth-order valence-corrected chi connectivity index (χ4v) is 8.02. The van der Waals surface area contributed by atoms with Gasteiger partial charge in [0.2, 0.25) is 0 Å². The van der Waals surface area contributed by atoms with E-state index in [1.165, 1.54) is 5.56 Å². The zero-order valence-electron chi connectivity index (χ0n) is 9.47. The monoisotopic (exact) mass is 318 g/mol. The van der Waals surface area contributed by atoms with Crippen LogP contribution in [0.5, 0.6) is 0 Å².